The largest absolute Gasteiger partial charge is 0.486 e. The van der Waals surface area contributed by atoms with Crippen molar-refractivity contribution in [2.45, 2.75) is 19.6 Å². The molecule has 0 radical (unpaired) electrons. The van der Waals surface area contributed by atoms with Gasteiger partial charge in [0, 0.05) is 25.7 Å². The molecule has 1 aliphatic rings. The maximum absolute atomic E-state index is 12.8. The fourth-order valence-corrected chi connectivity index (χ4v) is 3.41. The van der Waals surface area contributed by atoms with Gasteiger partial charge in [-0.25, -0.2) is 0 Å². The Morgan fingerprint density at radius 1 is 1.10 bits per heavy atom. The molecule has 0 aromatic heterocycles. The van der Waals surface area contributed by atoms with Crippen molar-refractivity contribution in [2.75, 3.05) is 40.3 Å². The Kier molecular flexibility index (Phi) is 7.30. The van der Waals surface area contributed by atoms with Crippen molar-refractivity contribution in [3.05, 3.63) is 59.7 Å². The summed E-state index contributed by atoms with van der Waals surface area (Å²) in [4.78, 5) is 28.2. The standard InChI is InChI=1S/C23H29N3O4/c1-4-26(14-19-16-29-20-7-5-6-8-21(20)30-19)22(27)15-25(3)13-17-9-11-18(12-10-17)23(28)24-2/h5-12,19H,4,13-16H2,1-3H3,(H,24,28)/t19-/m1/s1. The minimum atomic E-state index is -0.189. The molecule has 2 amide bonds. The molecule has 1 atom stereocenters. The molecule has 0 fully saturated rings. The second-order valence-corrected chi connectivity index (χ2v) is 7.38. The van der Waals surface area contributed by atoms with Gasteiger partial charge in [0.25, 0.3) is 5.91 Å². The van der Waals surface area contributed by atoms with Gasteiger partial charge in [0.15, 0.2) is 17.6 Å². The van der Waals surface area contributed by atoms with Crippen LogP contribution in [-0.4, -0.2) is 68.1 Å². The van der Waals surface area contributed by atoms with E-state index in [0.717, 1.165) is 17.1 Å². The number of hydrogen-bond acceptors (Lipinski definition) is 5. The van der Waals surface area contributed by atoms with Crippen molar-refractivity contribution in [3.8, 4) is 11.5 Å². The van der Waals surface area contributed by atoms with Crippen molar-refractivity contribution in [1.29, 1.82) is 0 Å². The summed E-state index contributed by atoms with van der Waals surface area (Å²) in [6, 6.07) is 15.0. The maximum Gasteiger partial charge on any atom is 0.251 e. The average Bonchev–Trinajstić information content (AvgIpc) is 2.77. The number of nitrogens with one attached hydrogen (secondary N) is 1. The quantitative estimate of drug-likeness (QED) is 0.721. The Morgan fingerprint density at radius 3 is 2.47 bits per heavy atom. The van der Waals surface area contributed by atoms with E-state index in [9.17, 15) is 9.59 Å². The first-order valence-electron chi connectivity index (χ1n) is 10.2. The van der Waals surface area contributed by atoms with Crippen LogP contribution in [0.4, 0.5) is 0 Å². The lowest BCUT2D eigenvalue weighted by molar-refractivity contribution is -0.133. The Hall–Kier alpha value is -3.06. The third-order valence-electron chi connectivity index (χ3n) is 5.03. The van der Waals surface area contributed by atoms with Crippen LogP contribution in [0.2, 0.25) is 0 Å². The van der Waals surface area contributed by atoms with Gasteiger partial charge in [0.2, 0.25) is 5.91 Å². The van der Waals surface area contributed by atoms with E-state index in [-0.39, 0.29) is 17.9 Å². The highest BCUT2D eigenvalue weighted by Gasteiger charge is 2.25. The van der Waals surface area contributed by atoms with Gasteiger partial charge >= 0.3 is 0 Å². The van der Waals surface area contributed by atoms with Crippen LogP contribution in [-0.2, 0) is 11.3 Å². The molecule has 160 valence electrons. The van der Waals surface area contributed by atoms with Crippen molar-refractivity contribution in [2.24, 2.45) is 0 Å². The summed E-state index contributed by atoms with van der Waals surface area (Å²) in [7, 11) is 3.52. The molecule has 1 aliphatic heterocycles. The highest BCUT2D eigenvalue weighted by molar-refractivity contribution is 5.93. The van der Waals surface area contributed by atoms with E-state index in [4.69, 9.17) is 9.47 Å². The molecule has 1 N–H and O–H groups in total. The van der Waals surface area contributed by atoms with Crippen LogP contribution in [0.25, 0.3) is 0 Å². The first-order valence-corrected chi connectivity index (χ1v) is 10.2. The van der Waals surface area contributed by atoms with Gasteiger partial charge in [-0.1, -0.05) is 24.3 Å². The number of carbonyl (C=O) groups is 2. The Labute approximate surface area is 177 Å². The zero-order valence-electron chi connectivity index (χ0n) is 17.8. The van der Waals surface area contributed by atoms with Crippen LogP contribution < -0.4 is 14.8 Å². The monoisotopic (exact) mass is 411 g/mol. The summed E-state index contributed by atoms with van der Waals surface area (Å²) in [6.07, 6.45) is -0.189. The molecule has 7 heteroatoms. The van der Waals surface area contributed by atoms with Gasteiger partial charge in [-0.15, -0.1) is 0 Å². The first kappa shape index (κ1) is 21.6. The minimum absolute atomic E-state index is 0.0458. The minimum Gasteiger partial charge on any atom is -0.486 e. The van der Waals surface area contributed by atoms with Crippen LogP contribution in [0.5, 0.6) is 11.5 Å². The maximum atomic E-state index is 12.8. The van der Waals surface area contributed by atoms with E-state index in [1.54, 1.807) is 24.1 Å². The van der Waals surface area contributed by atoms with Gasteiger partial charge in [-0.2, -0.15) is 0 Å². The summed E-state index contributed by atoms with van der Waals surface area (Å²) in [5, 5.41) is 2.61. The van der Waals surface area contributed by atoms with E-state index in [1.165, 1.54) is 0 Å². The number of benzene rings is 2. The molecule has 3 rings (SSSR count). The molecule has 30 heavy (non-hydrogen) atoms. The van der Waals surface area contributed by atoms with E-state index in [1.807, 2.05) is 55.3 Å². The number of fused-ring (bicyclic) bond motifs is 1. The molecule has 0 saturated heterocycles. The Bertz CT molecular complexity index is 869. The van der Waals surface area contributed by atoms with Gasteiger partial charge < -0.3 is 19.7 Å². The third kappa shape index (κ3) is 5.51. The van der Waals surface area contributed by atoms with Gasteiger partial charge in [0.05, 0.1) is 13.1 Å². The summed E-state index contributed by atoms with van der Waals surface area (Å²) in [5.41, 5.74) is 1.66. The van der Waals surface area contributed by atoms with Crippen molar-refractivity contribution < 1.29 is 19.1 Å². The summed E-state index contributed by atoms with van der Waals surface area (Å²) in [5.74, 6) is 1.39. The number of likely N-dealkylation sites (N-methyl/N-ethyl adjacent to an activating group) is 2. The first-order chi connectivity index (χ1) is 14.5. The number of para-hydroxylation sites is 2. The van der Waals surface area contributed by atoms with Crippen LogP contribution in [0.3, 0.4) is 0 Å². The van der Waals surface area contributed by atoms with Crippen LogP contribution in [0.15, 0.2) is 48.5 Å². The summed E-state index contributed by atoms with van der Waals surface area (Å²) >= 11 is 0. The molecule has 7 nitrogen and oxygen atoms in total. The zero-order valence-corrected chi connectivity index (χ0v) is 17.8. The van der Waals surface area contributed by atoms with E-state index < -0.39 is 0 Å². The van der Waals surface area contributed by atoms with Crippen LogP contribution in [0, 0.1) is 0 Å². The molecular weight excluding hydrogens is 382 g/mol. The second-order valence-electron chi connectivity index (χ2n) is 7.38. The molecule has 1 heterocycles. The molecule has 0 aliphatic carbocycles. The van der Waals surface area contributed by atoms with Crippen molar-refractivity contribution >= 4 is 11.8 Å². The lowest BCUT2D eigenvalue weighted by atomic mass is 10.1. The Morgan fingerprint density at radius 2 is 1.80 bits per heavy atom. The van der Waals surface area contributed by atoms with Crippen molar-refractivity contribution in [1.82, 2.24) is 15.1 Å². The SMILES string of the molecule is CCN(C[C@@H]1COc2ccccc2O1)C(=O)CN(C)Cc1ccc(C(=O)NC)cc1. The summed E-state index contributed by atoms with van der Waals surface area (Å²) in [6.45, 7) is 4.40. The molecule has 0 spiro atoms. The molecule has 0 saturated carbocycles. The zero-order chi connectivity index (χ0) is 21.5. The van der Waals surface area contributed by atoms with Gasteiger partial charge in [-0.05, 0) is 43.8 Å². The van der Waals surface area contributed by atoms with Gasteiger partial charge in [-0.3, -0.25) is 14.5 Å². The predicted octanol–water partition coefficient (Wildman–Crippen LogP) is 2.17. The molecule has 0 bridgehead atoms. The number of nitrogens with zero attached hydrogens (tertiary/aromatic N) is 2. The van der Waals surface area contributed by atoms with E-state index in [2.05, 4.69) is 5.32 Å². The number of rotatable bonds is 8. The number of amides is 2. The van der Waals surface area contributed by atoms with Gasteiger partial charge in [0.1, 0.15) is 6.61 Å². The average molecular weight is 412 g/mol. The molecule has 2 aromatic carbocycles. The fourth-order valence-electron chi connectivity index (χ4n) is 3.41. The topological polar surface area (TPSA) is 71.1 Å². The molecule has 2 aromatic rings. The highest BCUT2D eigenvalue weighted by Crippen LogP contribution is 2.31. The smallest absolute Gasteiger partial charge is 0.251 e. The fraction of sp³-hybridized carbons (Fsp3) is 0.391. The Balaban J connectivity index is 1.51. The normalized spacial score (nSPS) is 15.0. The molecular formula is C23H29N3O4. The van der Waals surface area contributed by atoms with Crippen LogP contribution in [0.1, 0.15) is 22.8 Å². The van der Waals surface area contributed by atoms with E-state index in [0.29, 0.717) is 38.3 Å². The molecule has 0 unspecified atom stereocenters. The highest BCUT2D eigenvalue weighted by atomic mass is 16.6. The lowest BCUT2D eigenvalue weighted by Crippen LogP contribution is -2.46. The number of hydrogen-bond donors (Lipinski definition) is 1. The predicted molar refractivity (Wildman–Crippen MR) is 115 cm³/mol. The third-order valence-corrected chi connectivity index (χ3v) is 5.03. The van der Waals surface area contributed by atoms with Crippen LogP contribution >= 0.6 is 0 Å². The second kappa shape index (κ2) is 10.1. The van der Waals surface area contributed by atoms with E-state index >= 15 is 0 Å². The lowest BCUT2D eigenvalue weighted by Gasteiger charge is -2.31. The number of ether oxygens (including phenoxy) is 2. The summed E-state index contributed by atoms with van der Waals surface area (Å²) < 4.78 is 11.7. The number of carbonyl (C=O) groups excluding carboxylic acids is 2. The van der Waals surface area contributed by atoms with Crippen molar-refractivity contribution in [3.63, 3.8) is 0 Å².